The van der Waals surface area contributed by atoms with Crippen LogP contribution in [-0.4, -0.2) is 87.5 Å². The third kappa shape index (κ3) is 7.23. The molecule has 44 heavy (non-hydrogen) atoms. The van der Waals surface area contributed by atoms with Gasteiger partial charge in [-0.1, -0.05) is 30.3 Å². The van der Waals surface area contributed by atoms with Crippen LogP contribution in [0.15, 0.2) is 49.2 Å². The molecule has 2 aromatic carbocycles. The van der Waals surface area contributed by atoms with E-state index in [0.29, 0.717) is 53.7 Å². The zero-order valence-electron chi connectivity index (χ0n) is 24.6. The summed E-state index contributed by atoms with van der Waals surface area (Å²) in [6.07, 6.45) is 3.20. The van der Waals surface area contributed by atoms with Crippen LogP contribution in [0.1, 0.15) is 5.56 Å². The van der Waals surface area contributed by atoms with Crippen LogP contribution in [0.3, 0.4) is 0 Å². The van der Waals surface area contributed by atoms with Crippen molar-refractivity contribution in [3.05, 3.63) is 59.8 Å². The van der Waals surface area contributed by atoms with E-state index in [1.165, 1.54) is 24.7 Å². The number of likely N-dealkylation sites (N-methyl/N-ethyl adjacent to an activating group) is 2. The number of anilines is 7. The van der Waals surface area contributed by atoms with Gasteiger partial charge in [0.15, 0.2) is 5.82 Å². The number of halogens is 1. The van der Waals surface area contributed by atoms with Crippen LogP contribution in [0.5, 0.6) is 5.75 Å². The molecule has 14 nitrogen and oxygen atoms in total. The largest absolute Gasteiger partial charge is 0.494 e. The Kier molecular flexibility index (Phi) is 9.69. The predicted molar refractivity (Wildman–Crippen MR) is 172 cm³/mol. The Balaban J connectivity index is 1.66. The number of rotatable bonds is 12. The molecule has 4 rings (SSSR count). The molecule has 0 fully saturated rings. The van der Waals surface area contributed by atoms with Crippen LogP contribution in [-0.2, 0) is 21.2 Å². The molecule has 1 aliphatic rings. The molecule has 0 saturated carbocycles. The van der Waals surface area contributed by atoms with Gasteiger partial charge in [-0.3, -0.25) is 9.10 Å². The van der Waals surface area contributed by atoms with E-state index in [-0.39, 0.29) is 23.3 Å². The van der Waals surface area contributed by atoms with E-state index in [0.717, 1.165) is 22.8 Å². The standard InChI is InChI=1S/C28H33ClN8O6S/c1-6-24(38)31-20-14-21(23(43-4)15-22(20)35(2)12-13-36(3)28(39)40)33-27-30-16-18(29)26(34-27)32-19-9-7-8-17-10-11-37(25(17)19)44(5,41)42/h6-9,14-16H,1,10-13H2,2-5H3,(H,31,38)(H,39,40)(H2,30,32,33,34). The molecule has 1 aromatic heterocycles. The highest BCUT2D eigenvalue weighted by Gasteiger charge is 2.29. The summed E-state index contributed by atoms with van der Waals surface area (Å²) in [6.45, 7) is 4.39. The van der Waals surface area contributed by atoms with E-state index in [2.05, 4.69) is 32.5 Å². The van der Waals surface area contributed by atoms with Gasteiger partial charge in [0.2, 0.25) is 21.9 Å². The van der Waals surface area contributed by atoms with Crippen molar-refractivity contribution in [1.82, 2.24) is 14.9 Å². The topological polar surface area (TPSA) is 169 Å². The van der Waals surface area contributed by atoms with Crippen LogP contribution in [0.4, 0.5) is 45.0 Å². The lowest BCUT2D eigenvalue weighted by Crippen LogP contribution is -2.34. The molecular weight excluding hydrogens is 612 g/mol. The highest BCUT2D eigenvalue weighted by atomic mass is 35.5. The van der Waals surface area contributed by atoms with E-state index >= 15 is 0 Å². The highest BCUT2D eigenvalue weighted by Crippen LogP contribution is 2.40. The molecule has 0 saturated heterocycles. The maximum absolute atomic E-state index is 12.4. The first-order chi connectivity index (χ1) is 20.8. The second-order valence-corrected chi connectivity index (χ2v) is 12.2. The van der Waals surface area contributed by atoms with Crippen molar-refractivity contribution in [1.29, 1.82) is 0 Å². The lowest BCUT2D eigenvalue weighted by Gasteiger charge is -2.26. The SMILES string of the molecule is C=CC(=O)Nc1cc(Nc2ncc(Cl)c(Nc3cccc4c3N(S(C)(=O)=O)CC4)n2)c(OC)cc1N(C)CCN(C)C(=O)O. The number of ether oxygens (including phenoxy) is 1. The van der Waals surface area contributed by atoms with Gasteiger partial charge in [-0.05, 0) is 30.2 Å². The molecule has 0 spiro atoms. The zero-order valence-corrected chi connectivity index (χ0v) is 26.2. The summed E-state index contributed by atoms with van der Waals surface area (Å²) in [5.74, 6) is 0.294. The van der Waals surface area contributed by atoms with Crippen molar-refractivity contribution >= 4 is 73.8 Å². The number of hydrogen-bond acceptors (Lipinski definition) is 10. The smallest absolute Gasteiger partial charge is 0.407 e. The second-order valence-electron chi connectivity index (χ2n) is 9.93. The van der Waals surface area contributed by atoms with E-state index in [4.69, 9.17) is 16.3 Å². The van der Waals surface area contributed by atoms with Crippen molar-refractivity contribution < 1.29 is 27.9 Å². The van der Waals surface area contributed by atoms with E-state index in [1.807, 2.05) is 12.1 Å². The fraction of sp³-hybridized carbons (Fsp3) is 0.286. The predicted octanol–water partition coefficient (Wildman–Crippen LogP) is 4.12. The number of carbonyl (C=O) groups excluding carboxylic acids is 1. The molecule has 0 aliphatic carbocycles. The van der Waals surface area contributed by atoms with Gasteiger partial charge in [0.1, 0.15) is 10.8 Å². The fourth-order valence-corrected chi connectivity index (χ4v) is 5.68. The van der Waals surface area contributed by atoms with Crippen molar-refractivity contribution in [3.63, 3.8) is 0 Å². The first-order valence-corrected chi connectivity index (χ1v) is 15.5. The third-order valence-electron chi connectivity index (χ3n) is 6.87. The number of methoxy groups -OCH3 is 1. The molecule has 0 bridgehead atoms. The average Bonchev–Trinajstić information content (AvgIpc) is 3.43. The number of nitrogens with zero attached hydrogens (tertiary/aromatic N) is 5. The number of carboxylic acid groups (broad SMARTS) is 1. The molecule has 2 heterocycles. The molecule has 0 unspecified atom stereocenters. The Hall–Kier alpha value is -4.76. The number of sulfonamides is 1. The number of carbonyl (C=O) groups is 2. The Morgan fingerprint density at radius 1 is 1.18 bits per heavy atom. The Bertz CT molecular complexity index is 1700. The summed E-state index contributed by atoms with van der Waals surface area (Å²) < 4.78 is 31.8. The van der Waals surface area contributed by atoms with Gasteiger partial charge >= 0.3 is 6.09 Å². The number of amides is 2. The lowest BCUT2D eigenvalue weighted by atomic mass is 10.1. The second kappa shape index (κ2) is 13.3. The first-order valence-electron chi connectivity index (χ1n) is 13.3. The molecule has 0 atom stereocenters. The molecule has 2 amide bonds. The molecular formula is C28H33ClN8O6S. The van der Waals surface area contributed by atoms with Gasteiger partial charge in [0.25, 0.3) is 0 Å². The molecule has 16 heteroatoms. The van der Waals surface area contributed by atoms with E-state index < -0.39 is 22.0 Å². The van der Waals surface area contributed by atoms with Gasteiger partial charge in [0.05, 0.1) is 48.0 Å². The van der Waals surface area contributed by atoms with E-state index in [1.54, 1.807) is 30.1 Å². The lowest BCUT2D eigenvalue weighted by molar-refractivity contribution is -0.111. The summed E-state index contributed by atoms with van der Waals surface area (Å²) in [5.41, 5.74) is 3.30. The zero-order chi connectivity index (χ0) is 32.2. The Morgan fingerprint density at radius 3 is 2.59 bits per heavy atom. The number of fused-ring (bicyclic) bond motifs is 1. The summed E-state index contributed by atoms with van der Waals surface area (Å²) >= 11 is 6.44. The number of nitrogens with one attached hydrogen (secondary N) is 3. The van der Waals surface area contributed by atoms with Gasteiger partial charge in [-0.25, -0.2) is 18.2 Å². The van der Waals surface area contributed by atoms with Crippen molar-refractivity contribution in [3.8, 4) is 5.75 Å². The monoisotopic (exact) mass is 644 g/mol. The number of para-hydroxylation sites is 1. The minimum atomic E-state index is -3.50. The van der Waals surface area contributed by atoms with Gasteiger partial charge in [-0.15, -0.1) is 0 Å². The highest BCUT2D eigenvalue weighted by molar-refractivity contribution is 7.92. The number of benzene rings is 2. The normalized spacial score (nSPS) is 12.2. The quantitative estimate of drug-likeness (QED) is 0.209. The Morgan fingerprint density at radius 2 is 1.93 bits per heavy atom. The average molecular weight is 645 g/mol. The third-order valence-corrected chi connectivity index (χ3v) is 8.31. The van der Waals surface area contributed by atoms with Crippen LogP contribution < -0.4 is 29.9 Å². The summed E-state index contributed by atoms with van der Waals surface area (Å²) in [4.78, 5) is 35.2. The summed E-state index contributed by atoms with van der Waals surface area (Å²) in [7, 11) is 1.20. The number of aromatic nitrogens is 2. The molecule has 3 aromatic rings. The molecule has 4 N–H and O–H groups in total. The maximum Gasteiger partial charge on any atom is 0.407 e. The van der Waals surface area contributed by atoms with Crippen LogP contribution in [0, 0.1) is 0 Å². The maximum atomic E-state index is 12.4. The molecule has 234 valence electrons. The van der Waals surface area contributed by atoms with Crippen molar-refractivity contribution in [2.24, 2.45) is 0 Å². The van der Waals surface area contributed by atoms with Crippen LogP contribution in [0.25, 0.3) is 0 Å². The van der Waals surface area contributed by atoms with Crippen molar-refractivity contribution in [2.75, 3.05) is 72.3 Å². The Labute approximate surface area is 260 Å². The first kappa shape index (κ1) is 32.2. The van der Waals surface area contributed by atoms with Crippen LogP contribution in [0.2, 0.25) is 5.02 Å². The van der Waals surface area contributed by atoms with Gasteiger partial charge in [-0.2, -0.15) is 4.98 Å². The fourth-order valence-electron chi connectivity index (χ4n) is 4.57. The van der Waals surface area contributed by atoms with Gasteiger partial charge in [0, 0.05) is 39.8 Å². The van der Waals surface area contributed by atoms with E-state index in [9.17, 15) is 23.1 Å². The van der Waals surface area contributed by atoms with Crippen molar-refractivity contribution in [2.45, 2.75) is 6.42 Å². The molecule has 0 radical (unpaired) electrons. The minimum absolute atomic E-state index is 0.132. The number of hydrogen-bond donors (Lipinski definition) is 4. The molecule has 1 aliphatic heterocycles. The van der Waals surface area contributed by atoms with Crippen LogP contribution >= 0.6 is 11.6 Å². The van der Waals surface area contributed by atoms with Gasteiger partial charge < -0.3 is 35.6 Å². The minimum Gasteiger partial charge on any atom is -0.494 e. The summed E-state index contributed by atoms with van der Waals surface area (Å²) in [5, 5.41) is 18.4. The summed E-state index contributed by atoms with van der Waals surface area (Å²) in [6, 6.07) is 8.76.